The lowest BCUT2D eigenvalue weighted by atomic mass is 10.2. The highest BCUT2D eigenvalue weighted by molar-refractivity contribution is 5.97. The molecule has 1 aromatic rings. The second-order valence-corrected chi connectivity index (χ2v) is 8.07. The molecule has 9 heteroatoms. The number of benzene rings is 1. The van der Waals surface area contributed by atoms with E-state index in [0.29, 0.717) is 31.9 Å². The summed E-state index contributed by atoms with van der Waals surface area (Å²) >= 11 is 0. The molecule has 0 unspecified atom stereocenters. The number of anilines is 2. The van der Waals surface area contributed by atoms with Crippen LogP contribution in [0.1, 0.15) is 20.8 Å². The van der Waals surface area contributed by atoms with Crippen LogP contribution in [0, 0.1) is 0 Å². The summed E-state index contributed by atoms with van der Waals surface area (Å²) in [5, 5.41) is 5.98. The van der Waals surface area contributed by atoms with E-state index in [0.717, 1.165) is 5.69 Å². The van der Waals surface area contributed by atoms with E-state index in [-0.39, 0.29) is 25.0 Å². The minimum absolute atomic E-state index is 0.0818. The van der Waals surface area contributed by atoms with Gasteiger partial charge in [0.25, 0.3) is 5.91 Å². The number of nitrogens with one attached hydrogen (secondary N) is 2. The zero-order chi connectivity index (χ0) is 21.0. The molecule has 158 valence electrons. The van der Waals surface area contributed by atoms with Gasteiger partial charge in [0.05, 0.1) is 6.61 Å². The molecule has 0 aromatic heterocycles. The average molecular weight is 404 g/mol. The van der Waals surface area contributed by atoms with Crippen molar-refractivity contribution in [2.24, 2.45) is 0 Å². The highest BCUT2D eigenvalue weighted by atomic mass is 16.6. The first-order chi connectivity index (χ1) is 13.7. The summed E-state index contributed by atoms with van der Waals surface area (Å²) in [6.07, 6.45) is -0.420. The van der Waals surface area contributed by atoms with Crippen molar-refractivity contribution >= 4 is 29.3 Å². The Morgan fingerprint density at radius 1 is 1.21 bits per heavy atom. The topological polar surface area (TPSA) is 100 Å². The van der Waals surface area contributed by atoms with Crippen molar-refractivity contribution in [3.63, 3.8) is 0 Å². The SMILES string of the molecule is CC(C)(C)OC(=O)N1CCN[C@H](C(=O)Nc2ccc(N3CCOCC3=O)cc2)C1. The Hall–Kier alpha value is -2.65. The highest BCUT2D eigenvalue weighted by Gasteiger charge is 2.30. The summed E-state index contributed by atoms with van der Waals surface area (Å²) in [4.78, 5) is 40.0. The van der Waals surface area contributed by atoms with Gasteiger partial charge in [-0.15, -0.1) is 0 Å². The van der Waals surface area contributed by atoms with Crippen molar-refractivity contribution in [1.29, 1.82) is 0 Å². The summed E-state index contributed by atoms with van der Waals surface area (Å²) in [5.74, 6) is -0.310. The van der Waals surface area contributed by atoms with Crippen molar-refractivity contribution in [2.75, 3.05) is 49.6 Å². The number of hydrogen-bond acceptors (Lipinski definition) is 6. The standard InChI is InChI=1S/C20H28N4O5/c1-20(2,3)29-19(27)23-9-8-21-16(12-23)18(26)22-14-4-6-15(7-5-14)24-10-11-28-13-17(24)25/h4-7,16,21H,8-13H2,1-3H3,(H,22,26)/t16-/m0/s1. The van der Waals surface area contributed by atoms with Crippen LogP contribution in [0.5, 0.6) is 0 Å². The van der Waals surface area contributed by atoms with Gasteiger partial charge in [0.1, 0.15) is 18.2 Å². The zero-order valence-corrected chi connectivity index (χ0v) is 17.1. The van der Waals surface area contributed by atoms with Gasteiger partial charge < -0.3 is 29.9 Å². The molecule has 2 N–H and O–H groups in total. The Bertz CT molecular complexity index is 759. The number of amides is 3. The van der Waals surface area contributed by atoms with E-state index >= 15 is 0 Å². The van der Waals surface area contributed by atoms with Crippen LogP contribution in [-0.2, 0) is 19.1 Å². The molecule has 3 amide bonds. The molecule has 0 radical (unpaired) electrons. The molecule has 3 rings (SSSR count). The number of nitrogens with zero attached hydrogens (tertiary/aromatic N) is 2. The van der Waals surface area contributed by atoms with E-state index in [1.807, 2.05) is 20.8 Å². The number of piperazine rings is 1. The van der Waals surface area contributed by atoms with Crippen molar-refractivity contribution in [3.05, 3.63) is 24.3 Å². The molecule has 2 heterocycles. The maximum Gasteiger partial charge on any atom is 0.410 e. The molecule has 1 atom stereocenters. The smallest absolute Gasteiger partial charge is 0.410 e. The summed E-state index contributed by atoms with van der Waals surface area (Å²) in [6.45, 7) is 7.77. The van der Waals surface area contributed by atoms with E-state index in [2.05, 4.69) is 10.6 Å². The van der Waals surface area contributed by atoms with Crippen LogP contribution < -0.4 is 15.5 Å². The highest BCUT2D eigenvalue weighted by Crippen LogP contribution is 2.20. The van der Waals surface area contributed by atoms with Crippen LogP contribution in [0.4, 0.5) is 16.2 Å². The lowest BCUT2D eigenvalue weighted by Gasteiger charge is -2.34. The predicted octanol–water partition coefficient (Wildman–Crippen LogP) is 1.20. The summed E-state index contributed by atoms with van der Waals surface area (Å²) in [5.41, 5.74) is 0.808. The second-order valence-electron chi connectivity index (χ2n) is 8.07. The van der Waals surface area contributed by atoms with Crippen molar-refractivity contribution < 1.29 is 23.9 Å². The number of morpholine rings is 1. The molecular formula is C20H28N4O5. The lowest BCUT2D eigenvalue weighted by molar-refractivity contribution is -0.125. The van der Waals surface area contributed by atoms with E-state index in [9.17, 15) is 14.4 Å². The van der Waals surface area contributed by atoms with Gasteiger partial charge in [0, 0.05) is 37.6 Å². The fourth-order valence-electron chi connectivity index (χ4n) is 3.16. The summed E-state index contributed by atoms with van der Waals surface area (Å²) in [7, 11) is 0. The Balaban J connectivity index is 1.56. The van der Waals surface area contributed by atoms with Crippen LogP contribution in [0.15, 0.2) is 24.3 Å². The van der Waals surface area contributed by atoms with Crippen LogP contribution in [0.3, 0.4) is 0 Å². The van der Waals surface area contributed by atoms with Crippen LogP contribution in [0.2, 0.25) is 0 Å². The van der Waals surface area contributed by atoms with Crippen molar-refractivity contribution in [2.45, 2.75) is 32.4 Å². The van der Waals surface area contributed by atoms with Crippen molar-refractivity contribution in [1.82, 2.24) is 10.2 Å². The monoisotopic (exact) mass is 404 g/mol. The zero-order valence-electron chi connectivity index (χ0n) is 17.1. The number of rotatable bonds is 3. The fourth-order valence-corrected chi connectivity index (χ4v) is 3.16. The molecule has 2 saturated heterocycles. The molecule has 0 spiro atoms. The van der Waals surface area contributed by atoms with Crippen LogP contribution in [-0.4, -0.2) is 73.8 Å². The first-order valence-corrected chi connectivity index (χ1v) is 9.73. The molecule has 2 aliphatic rings. The van der Waals surface area contributed by atoms with Crippen LogP contribution >= 0.6 is 0 Å². The number of hydrogen-bond donors (Lipinski definition) is 2. The molecule has 0 saturated carbocycles. The Kier molecular flexibility index (Phi) is 6.39. The fraction of sp³-hybridized carbons (Fsp3) is 0.550. The normalized spacial score (nSPS) is 20.4. The van der Waals surface area contributed by atoms with Gasteiger partial charge in [-0.3, -0.25) is 9.59 Å². The van der Waals surface area contributed by atoms with Gasteiger partial charge in [-0.05, 0) is 45.0 Å². The first kappa shape index (κ1) is 21.1. The van der Waals surface area contributed by atoms with Gasteiger partial charge in [-0.25, -0.2) is 4.79 Å². The van der Waals surface area contributed by atoms with Crippen molar-refractivity contribution in [3.8, 4) is 0 Å². The quantitative estimate of drug-likeness (QED) is 0.785. The third-order valence-electron chi connectivity index (χ3n) is 4.58. The van der Waals surface area contributed by atoms with E-state index in [1.165, 1.54) is 0 Å². The molecule has 0 bridgehead atoms. The molecule has 2 fully saturated rings. The van der Waals surface area contributed by atoms with Gasteiger partial charge in [0.2, 0.25) is 5.91 Å². The largest absolute Gasteiger partial charge is 0.444 e. The first-order valence-electron chi connectivity index (χ1n) is 9.73. The van der Waals surface area contributed by atoms with E-state index in [4.69, 9.17) is 9.47 Å². The molecule has 1 aromatic carbocycles. The number of ether oxygens (including phenoxy) is 2. The predicted molar refractivity (Wildman–Crippen MR) is 108 cm³/mol. The maximum atomic E-state index is 12.6. The van der Waals surface area contributed by atoms with E-state index < -0.39 is 17.7 Å². The Labute approximate surface area is 170 Å². The molecule has 2 aliphatic heterocycles. The summed E-state index contributed by atoms with van der Waals surface area (Å²) < 4.78 is 10.5. The number of carbonyl (C=O) groups is 3. The molecular weight excluding hydrogens is 376 g/mol. The third-order valence-corrected chi connectivity index (χ3v) is 4.58. The maximum absolute atomic E-state index is 12.6. The molecule has 9 nitrogen and oxygen atoms in total. The lowest BCUT2D eigenvalue weighted by Crippen LogP contribution is -2.57. The minimum atomic E-state index is -0.580. The van der Waals surface area contributed by atoms with Gasteiger partial charge in [0.15, 0.2) is 0 Å². The Morgan fingerprint density at radius 2 is 1.93 bits per heavy atom. The molecule has 29 heavy (non-hydrogen) atoms. The van der Waals surface area contributed by atoms with Gasteiger partial charge in [-0.1, -0.05) is 0 Å². The van der Waals surface area contributed by atoms with E-state index in [1.54, 1.807) is 34.1 Å². The summed E-state index contributed by atoms with van der Waals surface area (Å²) in [6, 6.07) is 6.56. The third kappa shape index (κ3) is 5.68. The minimum Gasteiger partial charge on any atom is -0.444 e. The number of carbonyl (C=O) groups excluding carboxylic acids is 3. The van der Waals surface area contributed by atoms with Crippen LogP contribution in [0.25, 0.3) is 0 Å². The second kappa shape index (κ2) is 8.79. The molecule has 0 aliphatic carbocycles. The average Bonchev–Trinajstić information content (AvgIpc) is 2.68. The van der Waals surface area contributed by atoms with Gasteiger partial charge >= 0.3 is 6.09 Å². The Morgan fingerprint density at radius 3 is 2.59 bits per heavy atom. The van der Waals surface area contributed by atoms with Gasteiger partial charge in [-0.2, -0.15) is 0 Å².